The van der Waals surface area contributed by atoms with Crippen molar-refractivity contribution >= 4 is 17.3 Å². The summed E-state index contributed by atoms with van der Waals surface area (Å²) in [7, 11) is 0. The molecule has 0 spiro atoms. The maximum Gasteiger partial charge on any atom is 0.323 e. The zero-order chi connectivity index (χ0) is 11.7. The zero-order valence-corrected chi connectivity index (χ0v) is 10.5. The van der Waals surface area contributed by atoms with Crippen molar-refractivity contribution in [3.8, 4) is 0 Å². The minimum Gasteiger partial charge on any atom is -0.459 e. The van der Waals surface area contributed by atoms with E-state index in [9.17, 15) is 4.79 Å². The molecule has 1 aromatic heterocycles. The fraction of sp³-hybridized carbons (Fsp3) is 0.615. The van der Waals surface area contributed by atoms with Crippen LogP contribution < -0.4 is 5.32 Å². The highest BCUT2D eigenvalue weighted by Gasteiger charge is 2.43. The van der Waals surface area contributed by atoms with Gasteiger partial charge in [0.25, 0.3) is 0 Å². The van der Waals surface area contributed by atoms with Crippen molar-refractivity contribution in [2.24, 2.45) is 11.8 Å². The summed E-state index contributed by atoms with van der Waals surface area (Å²) in [5, 5.41) is 5.32. The Morgan fingerprint density at radius 3 is 3.29 bits per heavy atom. The van der Waals surface area contributed by atoms with E-state index < -0.39 is 0 Å². The highest BCUT2D eigenvalue weighted by molar-refractivity contribution is 7.09. The molecule has 0 aromatic carbocycles. The van der Waals surface area contributed by atoms with Gasteiger partial charge >= 0.3 is 5.97 Å². The van der Waals surface area contributed by atoms with Gasteiger partial charge in [0.15, 0.2) is 0 Å². The van der Waals surface area contributed by atoms with Gasteiger partial charge in [-0.2, -0.15) is 0 Å². The molecule has 1 aromatic rings. The largest absolute Gasteiger partial charge is 0.459 e. The summed E-state index contributed by atoms with van der Waals surface area (Å²) in [5.41, 5.74) is 0. The number of hydrogen-bond acceptors (Lipinski definition) is 4. The first kappa shape index (κ1) is 11.2. The maximum absolute atomic E-state index is 12.0. The van der Waals surface area contributed by atoms with Gasteiger partial charge in [-0.1, -0.05) is 12.5 Å². The SMILES string of the molecule is O=C(OCc1cccs1)C1NCC2CCCC21. The number of ether oxygens (including phenoxy) is 1. The molecule has 1 saturated heterocycles. The van der Waals surface area contributed by atoms with Crippen molar-refractivity contribution in [2.75, 3.05) is 6.54 Å². The van der Waals surface area contributed by atoms with Gasteiger partial charge in [0.2, 0.25) is 0 Å². The summed E-state index contributed by atoms with van der Waals surface area (Å²) >= 11 is 1.63. The van der Waals surface area contributed by atoms with Gasteiger partial charge < -0.3 is 10.1 Å². The number of nitrogens with one attached hydrogen (secondary N) is 1. The fourth-order valence-electron chi connectivity index (χ4n) is 3.07. The molecule has 0 radical (unpaired) electrons. The molecule has 4 heteroatoms. The molecule has 3 rings (SSSR count). The Hall–Kier alpha value is -0.870. The monoisotopic (exact) mass is 251 g/mol. The van der Waals surface area contributed by atoms with E-state index in [1.54, 1.807) is 11.3 Å². The summed E-state index contributed by atoms with van der Waals surface area (Å²) in [6.07, 6.45) is 3.72. The molecule has 2 fully saturated rings. The van der Waals surface area contributed by atoms with Gasteiger partial charge in [-0.25, -0.2) is 0 Å². The van der Waals surface area contributed by atoms with Gasteiger partial charge in [0, 0.05) is 4.88 Å². The van der Waals surface area contributed by atoms with E-state index in [0.717, 1.165) is 11.4 Å². The summed E-state index contributed by atoms with van der Waals surface area (Å²) in [6.45, 7) is 1.41. The van der Waals surface area contributed by atoms with Crippen LogP contribution in [-0.2, 0) is 16.1 Å². The highest BCUT2D eigenvalue weighted by Crippen LogP contribution is 2.38. The summed E-state index contributed by atoms with van der Waals surface area (Å²) < 4.78 is 5.39. The third-order valence-corrected chi connectivity index (χ3v) is 4.79. The van der Waals surface area contributed by atoms with E-state index in [-0.39, 0.29) is 12.0 Å². The molecule has 0 amide bonds. The van der Waals surface area contributed by atoms with Crippen LogP contribution >= 0.6 is 11.3 Å². The topological polar surface area (TPSA) is 38.3 Å². The Morgan fingerprint density at radius 1 is 1.53 bits per heavy atom. The van der Waals surface area contributed by atoms with Crippen LogP contribution in [0.3, 0.4) is 0 Å². The van der Waals surface area contributed by atoms with E-state index >= 15 is 0 Å². The molecule has 2 aliphatic rings. The molecular formula is C13H17NO2S. The van der Waals surface area contributed by atoms with Crippen LogP contribution in [0.25, 0.3) is 0 Å². The van der Waals surface area contributed by atoms with Gasteiger partial charge in [-0.05, 0) is 42.7 Å². The van der Waals surface area contributed by atoms with E-state index in [4.69, 9.17) is 4.74 Å². The lowest BCUT2D eigenvalue weighted by Gasteiger charge is -2.16. The number of fused-ring (bicyclic) bond motifs is 1. The van der Waals surface area contributed by atoms with Crippen LogP contribution in [0.2, 0.25) is 0 Å². The van der Waals surface area contributed by atoms with Gasteiger partial charge in [-0.3, -0.25) is 4.79 Å². The summed E-state index contributed by atoms with van der Waals surface area (Å²) in [4.78, 5) is 13.1. The third kappa shape index (κ3) is 2.24. The first-order chi connectivity index (χ1) is 8.34. The van der Waals surface area contributed by atoms with E-state index in [1.165, 1.54) is 19.3 Å². The summed E-state index contributed by atoms with van der Waals surface area (Å²) in [5.74, 6) is 1.16. The molecule has 92 valence electrons. The molecule has 1 aliphatic carbocycles. The standard InChI is InChI=1S/C13H17NO2S/c15-13(16-8-10-4-2-6-17-10)12-11-5-1-3-9(11)7-14-12/h2,4,6,9,11-12,14H,1,3,5,7-8H2. The van der Waals surface area contributed by atoms with Gasteiger partial charge in [0.05, 0.1) is 0 Å². The zero-order valence-electron chi connectivity index (χ0n) is 9.72. The second-order valence-electron chi connectivity index (χ2n) is 4.93. The van der Waals surface area contributed by atoms with Crippen molar-refractivity contribution in [3.05, 3.63) is 22.4 Å². The quantitative estimate of drug-likeness (QED) is 0.837. The first-order valence-corrected chi connectivity index (χ1v) is 7.15. The Labute approximate surface area is 105 Å². The number of rotatable bonds is 3. The minimum atomic E-state index is -0.0622. The third-order valence-electron chi connectivity index (χ3n) is 3.94. The lowest BCUT2D eigenvalue weighted by molar-refractivity contribution is -0.148. The van der Waals surface area contributed by atoms with E-state index in [0.29, 0.717) is 18.4 Å². The van der Waals surface area contributed by atoms with E-state index in [1.807, 2.05) is 17.5 Å². The maximum atomic E-state index is 12.0. The molecule has 1 saturated carbocycles. The molecule has 3 unspecified atom stereocenters. The fourth-order valence-corrected chi connectivity index (χ4v) is 3.69. The number of esters is 1. The van der Waals surface area contributed by atoms with Gasteiger partial charge in [0.1, 0.15) is 12.6 Å². The Kier molecular flexibility index (Phi) is 3.16. The minimum absolute atomic E-state index is 0.0533. The van der Waals surface area contributed by atoms with Gasteiger partial charge in [-0.15, -0.1) is 11.3 Å². The molecule has 3 nitrogen and oxygen atoms in total. The Balaban J connectivity index is 1.55. The molecule has 1 aliphatic heterocycles. The van der Waals surface area contributed by atoms with Crippen LogP contribution in [0, 0.1) is 11.8 Å². The number of thiophene rings is 1. The highest BCUT2D eigenvalue weighted by atomic mass is 32.1. The second-order valence-corrected chi connectivity index (χ2v) is 5.96. The van der Waals surface area contributed by atoms with Crippen molar-refractivity contribution in [1.82, 2.24) is 5.32 Å². The Bertz CT molecular complexity index is 390. The molecule has 2 heterocycles. The molecule has 0 bridgehead atoms. The molecule has 17 heavy (non-hydrogen) atoms. The van der Waals surface area contributed by atoms with Crippen LogP contribution in [0.4, 0.5) is 0 Å². The lowest BCUT2D eigenvalue weighted by Crippen LogP contribution is -2.36. The first-order valence-electron chi connectivity index (χ1n) is 6.27. The predicted molar refractivity (Wildman–Crippen MR) is 66.7 cm³/mol. The number of hydrogen-bond donors (Lipinski definition) is 1. The van der Waals surface area contributed by atoms with Crippen LogP contribution in [0.1, 0.15) is 24.1 Å². The molecule has 1 N–H and O–H groups in total. The average molecular weight is 251 g/mol. The van der Waals surface area contributed by atoms with Crippen molar-refractivity contribution in [2.45, 2.75) is 31.9 Å². The average Bonchev–Trinajstić information content (AvgIpc) is 3.02. The number of carbonyl (C=O) groups excluding carboxylic acids is 1. The van der Waals surface area contributed by atoms with Crippen LogP contribution in [0.5, 0.6) is 0 Å². The van der Waals surface area contributed by atoms with Crippen molar-refractivity contribution < 1.29 is 9.53 Å². The van der Waals surface area contributed by atoms with Crippen LogP contribution in [0.15, 0.2) is 17.5 Å². The molecule has 3 atom stereocenters. The Morgan fingerprint density at radius 2 is 2.47 bits per heavy atom. The van der Waals surface area contributed by atoms with E-state index in [2.05, 4.69) is 5.32 Å². The number of carbonyl (C=O) groups is 1. The van der Waals surface area contributed by atoms with Crippen LogP contribution in [-0.4, -0.2) is 18.6 Å². The lowest BCUT2D eigenvalue weighted by atomic mass is 9.94. The molecular weight excluding hydrogens is 234 g/mol. The normalized spacial score (nSPS) is 31.4. The van der Waals surface area contributed by atoms with Crippen molar-refractivity contribution in [1.29, 1.82) is 0 Å². The predicted octanol–water partition coefficient (Wildman–Crippen LogP) is 2.18. The smallest absolute Gasteiger partial charge is 0.323 e. The second kappa shape index (κ2) is 4.78. The summed E-state index contributed by atoms with van der Waals surface area (Å²) in [6, 6.07) is 3.93. The van der Waals surface area contributed by atoms with Crippen molar-refractivity contribution in [3.63, 3.8) is 0 Å².